The van der Waals surface area contributed by atoms with Crippen LogP contribution in [0.1, 0.15) is 25.2 Å². The summed E-state index contributed by atoms with van der Waals surface area (Å²) in [5.41, 5.74) is 2.47. The first kappa shape index (κ1) is 16.0. The number of hydrogen-bond donors (Lipinski definition) is 1. The fourth-order valence-electron chi connectivity index (χ4n) is 2.68. The Balaban J connectivity index is 2.00. The van der Waals surface area contributed by atoms with Gasteiger partial charge in [0.05, 0.1) is 24.0 Å². The van der Waals surface area contributed by atoms with Crippen LogP contribution in [-0.2, 0) is 5.54 Å². The molecule has 0 spiro atoms. The minimum absolute atomic E-state index is 0.500. The maximum atomic E-state index is 5.42. The van der Waals surface area contributed by atoms with Gasteiger partial charge < -0.3 is 10.1 Å². The van der Waals surface area contributed by atoms with E-state index in [0.29, 0.717) is 0 Å². The Morgan fingerprint density at radius 2 is 1.75 bits per heavy atom. The van der Waals surface area contributed by atoms with Gasteiger partial charge in [-0.1, -0.05) is 30.3 Å². The molecule has 0 aliphatic carbocycles. The largest absolute Gasteiger partial charge is 0.495 e. The Morgan fingerprint density at radius 1 is 1.04 bits per heavy atom. The molecule has 3 aromatic rings. The first-order valence-corrected chi connectivity index (χ1v) is 7.79. The molecular weight excluding hydrogens is 302 g/mol. The summed E-state index contributed by atoms with van der Waals surface area (Å²) in [4.78, 5) is 0. The van der Waals surface area contributed by atoms with E-state index in [4.69, 9.17) is 4.74 Å². The van der Waals surface area contributed by atoms with Crippen LogP contribution in [-0.4, -0.2) is 27.3 Å². The number of aryl methyl sites for hydroxylation is 1. The van der Waals surface area contributed by atoms with E-state index in [0.717, 1.165) is 28.5 Å². The molecule has 1 aromatic heterocycles. The number of tetrazole rings is 1. The van der Waals surface area contributed by atoms with Gasteiger partial charge >= 0.3 is 0 Å². The number of rotatable bonds is 5. The highest BCUT2D eigenvalue weighted by atomic mass is 16.5. The van der Waals surface area contributed by atoms with Gasteiger partial charge in [-0.15, -0.1) is 5.10 Å². The normalized spacial score (nSPS) is 11.3. The molecule has 124 valence electrons. The van der Waals surface area contributed by atoms with E-state index < -0.39 is 5.54 Å². The number of para-hydroxylation sites is 3. The standard InChI is InChI=1S/C18H21N5O/c1-13-9-5-7-11-15(13)23-17(20-21-22-23)18(2,3)19-14-10-6-8-12-16(14)24-4/h5-12,19H,1-4H3. The van der Waals surface area contributed by atoms with Crippen molar-refractivity contribution in [1.82, 2.24) is 20.2 Å². The predicted molar refractivity (Wildman–Crippen MR) is 93.5 cm³/mol. The number of ether oxygens (including phenoxy) is 1. The van der Waals surface area contributed by atoms with E-state index in [2.05, 4.69) is 20.8 Å². The Kier molecular flexibility index (Phi) is 4.20. The van der Waals surface area contributed by atoms with Crippen molar-refractivity contribution >= 4 is 5.69 Å². The second-order valence-electron chi connectivity index (χ2n) is 6.15. The second kappa shape index (κ2) is 6.31. The molecule has 0 amide bonds. The molecule has 3 rings (SSSR count). The van der Waals surface area contributed by atoms with Crippen LogP contribution in [0.3, 0.4) is 0 Å². The van der Waals surface area contributed by atoms with Gasteiger partial charge in [0.1, 0.15) is 5.75 Å². The van der Waals surface area contributed by atoms with Crippen LogP contribution < -0.4 is 10.1 Å². The van der Waals surface area contributed by atoms with E-state index in [1.807, 2.05) is 69.3 Å². The zero-order chi connectivity index (χ0) is 17.2. The SMILES string of the molecule is COc1ccccc1NC(C)(C)c1nnnn1-c1ccccc1C. The third-order valence-electron chi connectivity index (χ3n) is 3.93. The van der Waals surface area contributed by atoms with Gasteiger partial charge in [-0.05, 0) is 55.0 Å². The van der Waals surface area contributed by atoms with Gasteiger partial charge in [0, 0.05) is 0 Å². The van der Waals surface area contributed by atoms with E-state index in [-0.39, 0.29) is 0 Å². The molecule has 2 aromatic carbocycles. The van der Waals surface area contributed by atoms with Crippen LogP contribution >= 0.6 is 0 Å². The zero-order valence-electron chi connectivity index (χ0n) is 14.3. The lowest BCUT2D eigenvalue weighted by molar-refractivity contribution is 0.414. The van der Waals surface area contributed by atoms with E-state index in [1.165, 1.54) is 0 Å². The van der Waals surface area contributed by atoms with Crippen molar-refractivity contribution < 1.29 is 4.74 Å². The van der Waals surface area contributed by atoms with E-state index >= 15 is 0 Å². The maximum Gasteiger partial charge on any atom is 0.181 e. The third kappa shape index (κ3) is 2.95. The van der Waals surface area contributed by atoms with Crippen LogP contribution in [0.25, 0.3) is 5.69 Å². The van der Waals surface area contributed by atoms with Crippen molar-refractivity contribution in [3.8, 4) is 11.4 Å². The van der Waals surface area contributed by atoms with Crippen LogP contribution in [0.2, 0.25) is 0 Å². The van der Waals surface area contributed by atoms with Crippen molar-refractivity contribution in [2.45, 2.75) is 26.3 Å². The molecule has 6 nitrogen and oxygen atoms in total. The molecule has 0 fully saturated rings. The summed E-state index contributed by atoms with van der Waals surface area (Å²) in [6.07, 6.45) is 0. The quantitative estimate of drug-likeness (QED) is 0.780. The minimum Gasteiger partial charge on any atom is -0.495 e. The lowest BCUT2D eigenvalue weighted by atomic mass is 10.0. The monoisotopic (exact) mass is 323 g/mol. The number of anilines is 1. The first-order valence-electron chi connectivity index (χ1n) is 7.79. The van der Waals surface area contributed by atoms with Crippen molar-refractivity contribution in [2.75, 3.05) is 12.4 Å². The van der Waals surface area contributed by atoms with Crippen molar-refractivity contribution in [3.63, 3.8) is 0 Å². The maximum absolute atomic E-state index is 5.42. The molecule has 0 saturated carbocycles. The van der Waals surface area contributed by atoms with Gasteiger partial charge in [0.2, 0.25) is 0 Å². The minimum atomic E-state index is -0.500. The number of aromatic nitrogens is 4. The zero-order valence-corrected chi connectivity index (χ0v) is 14.3. The predicted octanol–water partition coefficient (Wildman–Crippen LogP) is 3.33. The number of nitrogens with one attached hydrogen (secondary N) is 1. The fraction of sp³-hybridized carbons (Fsp3) is 0.278. The average molecular weight is 323 g/mol. The molecule has 0 aliphatic heterocycles. The number of hydrogen-bond acceptors (Lipinski definition) is 5. The summed E-state index contributed by atoms with van der Waals surface area (Å²) in [6, 6.07) is 15.8. The van der Waals surface area contributed by atoms with Gasteiger partial charge in [0.15, 0.2) is 5.82 Å². The highest BCUT2D eigenvalue weighted by molar-refractivity contribution is 5.58. The third-order valence-corrected chi connectivity index (χ3v) is 3.93. The van der Waals surface area contributed by atoms with E-state index in [1.54, 1.807) is 11.8 Å². The van der Waals surface area contributed by atoms with Crippen LogP contribution in [0.15, 0.2) is 48.5 Å². The van der Waals surface area contributed by atoms with Gasteiger partial charge in [0.25, 0.3) is 0 Å². The summed E-state index contributed by atoms with van der Waals surface area (Å²) in [5, 5.41) is 15.8. The highest BCUT2D eigenvalue weighted by Crippen LogP contribution is 2.31. The number of benzene rings is 2. The highest BCUT2D eigenvalue weighted by Gasteiger charge is 2.29. The molecule has 0 aliphatic rings. The van der Waals surface area contributed by atoms with Crippen molar-refractivity contribution in [3.05, 3.63) is 59.9 Å². The molecule has 1 heterocycles. The lowest BCUT2D eigenvalue weighted by Crippen LogP contribution is -2.32. The van der Waals surface area contributed by atoms with Crippen LogP contribution in [0.5, 0.6) is 5.75 Å². The first-order chi connectivity index (χ1) is 11.5. The van der Waals surface area contributed by atoms with Crippen LogP contribution in [0.4, 0.5) is 5.69 Å². The number of nitrogens with zero attached hydrogens (tertiary/aromatic N) is 4. The summed E-state index contributed by atoms with van der Waals surface area (Å²) in [6.45, 7) is 6.13. The summed E-state index contributed by atoms with van der Waals surface area (Å²) in [5.74, 6) is 1.50. The number of methoxy groups -OCH3 is 1. The molecule has 0 atom stereocenters. The average Bonchev–Trinajstić information content (AvgIpc) is 3.06. The van der Waals surface area contributed by atoms with Gasteiger partial charge in [-0.2, -0.15) is 4.68 Å². The topological polar surface area (TPSA) is 64.9 Å². The fourth-order valence-corrected chi connectivity index (χ4v) is 2.68. The van der Waals surface area contributed by atoms with E-state index in [9.17, 15) is 0 Å². The van der Waals surface area contributed by atoms with Crippen molar-refractivity contribution in [1.29, 1.82) is 0 Å². The molecule has 1 N–H and O–H groups in total. The Morgan fingerprint density at radius 3 is 2.50 bits per heavy atom. The summed E-state index contributed by atoms with van der Waals surface area (Å²) < 4.78 is 7.20. The lowest BCUT2D eigenvalue weighted by Gasteiger charge is -2.27. The molecular formula is C18H21N5O. The van der Waals surface area contributed by atoms with Crippen molar-refractivity contribution in [2.24, 2.45) is 0 Å². The molecule has 0 saturated heterocycles. The Hall–Kier alpha value is -2.89. The molecule has 6 heteroatoms. The van der Waals surface area contributed by atoms with Gasteiger partial charge in [-0.25, -0.2) is 0 Å². The Labute approximate surface area is 141 Å². The molecule has 0 radical (unpaired) electrons. The molecule has 0 bridgehead atoms. The van der Waals surface area contributed by atoms with Crippen LogP contribution in [0, 0.1) is 6.92 Å². The second-order valence-corrected chi connectivity index (χ2v) is 6.15. The summed E-state index contributed by atoms with van der Waals surface area (Å²) >= 11 is 0. The smallest absolute Gasteiger partial charge is 0.181 e. The molecule has 24 heavy (non-hydrogen) atoms. The molecule has 0 unspecified atom stereocenters. The van der Waals surface area contributed by atoms with Gasteiger partial charge in [-0.3, -0.25) is 0 Å². The summed E-state index contributed by atoms with van der Waals surface area (Å²) in [7, 11) is 1.66. The Bertz CT molecular complexity index is 841.